The first-order valence-corrected chi connectivity index (χ1v) is 10.7. The van der Waals surface area contributed by atoms with Gasteiger partial charge < -0.3 is 20.5 Å². The lowest BCUT2D eigenvalue weighted by molar-refractivity contribution is 0.0317. The smallest absolute Gasteiger partial charge is 0.142 e. The molecule has 8 heteroatoms. The molecule has 0 radical (unpaired) electrons. The van der Waals surface area contributed by atoms with Crippen LogP contribution in [0.3, 0.4) is 0 Å². The SMILES string of the molecule is Nc1nc2cc(CCC3=C[C@@H](n4ccc5cccnc54)[C@H](O)[C@@H]3O)cc(Cl)c2cc1Cl. The lowest BCUT2D eigenvalue weighted by Gasteiger charge is -2.19. The second-order valence-corrected chi connectivity index (χ2v) is 8.62. The summed E-state index contributed by atoms with van der Waals surface area (Å²) in [5, 5.41) is 24.0. The van der Waals surface area contributed by atoms with Gasteiger partial charge >= 0.3 is 0 Å². The van der Waals surface area contributed by atoms with E-state index < -0.39 is 12.2 Å². The van der Waals surface area contributed by atoms with Crippen LogP contribution in [0.2, 0.25) is 10.0 Å². The van der Waals surface area contributed by atoms with E-state index in [2.05, 4.69) is 9.97 Å². The molecule has 0 saturated carbocycles. The highest BCUT2D eigenvalue weighted by atomic mass is 35.5. The number of pyridine rings is 2. The summed E-state index contributed by atoms with van der Waals surface area (Å²) in [6.07, 6.45) is 4.88. The first-order valence-electron chi connectivity index (χ1n) is 9.95. The van der Waals surface area contributed by atoms with E-state index >= 15 is 0 Å². The van der Waals surface area contributed by atoms with Crippen LogP contribution in [0, 0.1) is 0 Å². The lowest BCUT2D eigenvalue weighted by Crippen LogP contribution is -2.29. The molecule has 0 saturated heterocycles. The first-order chi connectivity index (χ1) is 14.9. The lowest BCUT2D eigenvalue weighted by atomic mass is 10.0. The largest absolute Gasteiger partial charge is 0.388 e. The van der Waals surface area contributed by atoms with Gasteiger partial charge in [-0.1, -0.05) is 29.3 Å². The van der Waals surface area contributed by atoms with E-state index in [1.54, 1.807) is 12.3 Å². The van der Waals surface area contributed by atoms with E-state index in [1.807, 2.05) is 47.2 Å². The Kier molecular flexibility index (Phi) is 5.10. The minimum absolute atomic E-state index is 0.259. The molecule has 3 heterocycles. The number of hydrogen-bond donors (Lipinski definition) is 3. The molecule has 4 aromatic rings. The molecule has 1 aliphatic rings. The zero-order valence-electron chi connectivity index (χ0n) is 16.4. The number of fused-ring (bicyclic) bond motifs is 2. The average molecular weight is 455 g/mol. The number of halogens is 2. The molecule has 3 atom stereocenters. The van der Waals surface area contributed by atoms with Gasteiger partial charge in [-0.15, -0.1) is 0 Å². The van der Waals surface area contributed by atoms with Crippen molar-refractivity contribution in [2.45, 2.75) is 31.1 Å². The number of anilines is 1. The molecule has 1 aliphatic carbocycles. The van der Waals surface area contributed by atoms with Crippen molar-refractivity contribution in [1.29, 1.82) is 0 Å². The molecular weight excluding hydrogens is 435 g/mol. The molecule has 0 aliphatic heterocycles. The normalized spacial score (nSPS) is 21.2. The van der Waals surface area contributed by atoms with Gasteiger partial charge in [0.05, 0.1) is 21.6 Å². The zero-order valence-corrected chi connectivity index (χ0v) is 17.9. The van der Waals surface area contributed by atoms with Gasteiger partial charge in [0.15, 0.2) is 0 Å². The van der Waals surface area contributed by atoms with Crippen LogP contribution in [0.4, 0.5) is 5.82 Å². The van der Waals surface area contributed by atoms with Gasteiger partial charge in [0, 0.05) is 23.2 Å². The molecule has 0 spiro atoms. The third-order valence-electron chi connectivity index (χ3n) is 5.86. The standard InChI is InChI=1S/C23H20Cl2N4O2/c24-16-8-12(9-18-15(16)11-17(25)22(26)28-18)3-4-14-10-19(21(31)20(14)30)29-7-5-13-2-1-6-27-23(13)29/h1-2,5-11,19-21,30-31H,3-4H2,(H2,26,28)/t19-,20-,21+/m1/s1. The molecule has 3 aromatic heterocycles. The summed E-state index contributed by atoms with van der Waals surface area (Å²) in [7, 11) is 0. The quantitative estimate of drug-likeness (QED) is 0.399. The Morgan fingerprint density at radius 2 is 1.90 bits per heavy atom. The summed E-state index contributed by atoms with van der Waals surface area (Å²) >= 11 is 12.5. The molecule has 4 N–H and O–H groups in total. The van der Waals surface area contributed by atoms with Crippen molar-refractivity contribution >= 4 is 51.0 Å². The van der Waals surface area contributed by atoms with E-state index in [9.17, 15) is 10.2 Å². The molecule has 31 heavy (non-hydrogen) atoms. The highest BCUT2D eigenvalue weighted by Gasteiger charge is 2.35. The van der Waals surface area contributed by atoms with Crippen molar-refractivity contribution in [3.8, 4) is 0 Å². The van der Waals surface area contributed by atoms with E-state index in [4.69, 9.17) is 28.9 Å². The summed E-state index contributed by atoms with van der Waals surface area (Å²) in [5.41, 5.74) is 9.03. The van der Waals surface area contributed by atoms with E-state index in [0.29, 0.717) is 28.4 Å². The Labute approximate surface area is 188 Å². The number of hydrogen-bond acceptors (Lipinski definition) is 5. The van der Waals surface area contributed by atoms with Crippen LogP contribution < -0.4 is 5.73 Å². The minimum Gasteiger partial charge on any atom is -0.388 e. The topological polar surface area (TPSA) is 97.2 Å². The summed E-state index contributed by atoms with van der Waals surface area (Å²) in [4.78, 5) is 8.74. The van der Waals surface area contributed by atoms with Crippen molar-refractivity contribution in [1.82, 2.24) is 14.5 Å². The van der Waals surface area contributed by atoms with Crippen molar-refractivity contribution < 1.29 is 10.2 Å². The molecule has 158 valence electrons. The van der Waals surface area contributed by atoms with Gasteiger partial charge in [-0.25, -0.2) is 9.97 Å². The maximum atomic E-state index is 10.7. The Morgan fingerprint density at radius 3 is 2.74 bits per heavy atom. The van der Waals surface area contributed by atoms with Crippen LogP contribution in [0.1, 0.15) is 18.0 Å². The second kappa shape index (κ2) is 7.80. The van der Waals surface area contributed by atoms with Crippen molar-refractivity contribution in [2.24, 2.45) is 0 Å². The molecule has 1 aromatic carbocycles. The molecule has 5 rings (SSSR count). The average Bonchev–Trinajstić information content (AvgIpc) is 3.29. The predicted octanol–water partition coefficient (Wildman–Crippen LogP) is 4.31. The number of nitrogens with zero attached hydrogens (tertiary/aromatic N) is 3. The number of nitrogens with two attached hydrogens (primary N) is 1. The third-order valence-corrected chi connectivity index (χ3v) is 6.48. The minimum atomic E-state index is -0.935. The Balaban J connectivity index is 1.41. The fraction of sp³-hybridized carbons (Fsp3) is 0.217. The Bertz CT molecular complexity index is 1330. The number of benzene rings is 1. The summed E-state index contributed by atoms with van der Waals surface area (Å²) in [6.45, 7) is 0. The van der Waals surface area contributed by atoms with Crippen LogP contribution in [-0.2, 0) is 6.42 Å². The van der Waals surface area contributed by atoms with Crippen LogP contribution in [0.25, 0.3) is 21.9 Å². The number of aryl methyl sites for hydroxylation is 1. The monoisotopic (exact) mass is 454 g/mol. The van der Waals surface area contributed by atoms with E-state index in [0.717, 1.165) is 27.6 Å². The molecule has 0 unspecified atom stereocenters. The fourth-order valence-corrected chi connectivity index (χ4v) is 4.68. The van der Waals surface area contributed by atoms with Gasteiger partial charge in [0.2, 0.25) is 0 Å². The highest BCUT2D eigenvalue weighted by Crippen LogP contribution is 2.35. The number of aromatic nitrogens is 3. The van der Waals surface area contributed by atoms with E-state index in [-0.39, 0.29) is 11.9 Å². The van der Waals surface area contributed by atoms with Gasteiger partial charge in [-0.05, 0) is 60.4 Å². The van der Waals surface area contributed by atoms with Gasteiger partial charge in [-0.2, -0.15) is 0 Å². The highest BCUT2D eigenvalue weighted by molar-refractivity contribution is 6.37. The van der Waals surface area contributed by atoms with Crippen LogP contribution >= 0.6 is 23.2 Å². The number of aliphatic hydroxyl groups excluding tert-OH is 2. The molecule has 0 amide bonds. The Hall–Kier alpha value is -2.64. The van der Waals surface area contributed by atoms with Crippen molar-refractivity contribution in [2.75, 3.05) is 5.73 Å². The summed E-state index contributed by atoms with van der Waals surface area (Å²) < 4.78 is 1.90. The maximum Gasteiger partial charge on any atom is 0.142 e. The molecule has 6 nitrogen and oxygen atoms in total. The van der Waals surface area contributed by atoms with Crippen molar-refractivity contribution in [3.05, 3.63) is 76.0 Å². The van der Waals surface area contributed by atoms with Gasteiger partial charge in [-0.3, -0.25) is 0 Å². The third kappa shape index (κ3) is 3.55. The van der Waals surface area contributed by atoms with Gasteiger partial charge in [0.1, 0.15) is 23.7 Å². The Morgan fingerprint density at radius 1 is 1.06 bits per heavy atom. The number of nitrogen functional groups attached to an aromatic ring is 1. The summed E-state index contributed by atoms with van der Waals surface area (Å²) in [6, 6.07) is 10.9. The molecular formula is C23H20Cl2N4O2. The fourth-order valence-electron chi connectivity index (χ4n) is 4.24. The van der Waals surface area contributed by atoms with Crippen molar-refractivity contribution in [3.63, 3.8) is 0 Å². The van der Waals surface area contributed by atoms with Gasteiger partial charge in [0.25, 0.3) is 0 Å². The number of rotatable bonds is 4. The first kappa shape index (κ1) is 20.3. The maximum absolute atomic E-state index is 10.7. The zero-order chi connectivity index (χ0) is 21.7. The van der Waals surface area contributed by atoms with E-state index in [1.165, 1.54) is 0 Å². The van der Waals surface area contributed by atoms with Crippen LogP contribution in [0.5, 0.6) is 0 Å². The summed E-state index contributed by atoms with van der Waals surface area (Å²) in [5.74, 6) is 0.259. The number of aliphatic hydroxyl groups is 2. The molecule has 0 bridgehead atoms. The molecule has 0 fully saturated rings. The van der Waals surface area contributed by atoms with Crippen LogP contribution in [0.15, 0.2) is 60.4 Å². The predicted molar refractivity (Wildman–Crippen MR) is 123 cm³/mol. The second-order valence-electron chi connectivity index (χ2n) is 7.81. The van der Waals surface area contributed by atoms with Crippen LogP contribution in [-0.4, -0.2) is 37.0 Å².